The quantitative estimate of drug-likeness (QED) is 0.361. The molecule has 10 nitrogen and oxygen atoms in total. The molecule has 0 aliphatic carbocycles. The summed E-state index contributed by atoms with van der Waals surface area (Å²) >= 11 is 0. The van der Waals surface area contributed by atoms with Crippen LogP contribution in [0.4, 0.5) is 0 Å². The van der Waals surface area contributed by atoms with Gasteiger partial charge in [0.05, 0.1) is 17.6 Å². The number of H-pyrrole nitrogens is 1. The van der Waals surface area contributed by atoms with Gasteiger partial charge in [0.2, 0.25) is 6.79 Å². The van der Waals surface area contributed by atoms with Crippen molar-refractivity contribution in [2.45, 2.75) is 27.3 Å². The lowest BCUT2D eigenvalue weighted by atomic mass is 9.98. The molecule has 37 heavy (non-hydrogen) atoms. The zero-order valence-corrected chi connectivity index (χ0v) is 20.2. The number of phenolic OH excluding ortho intramolecular Hbond substituents is 1. The molecule has 1 aliphatic heterocycles. The number of fused-ring (bicyclic) bond motifs is 3. The van der Waals surface area contributed by atoms with Gasteiger partial charge in [-0.3, -0.25) is 14.3 Å². The van der Waals surface area contributed by atoms with Gasteiger partial charge >= 0.3 is 11.3 Å². The van der Waals surface area contributed by atoms with Crippen LogP contribution in [0.15, 0.2) is 55.2 Å². The molecule has 2 aromatic carbocycles. The number of aromatic hydroxyl groups is 1. The van der Waals surface area contributed by atoms with E-state index >= 15 is 0 Å². The zero-order chi connectivity index (χ0) is 26.0. The highest BCUT2D eigenvalue weighted by molar-refractivity contribution is 5.92. The van der Waals surface area contributed by atoms with Crippen molar-refractivity contribution in [1.29, 1.82) is 0 Å². The molecule has 0 saturated heterocycles. The highest BCUT2D eigenvalue weighted by atomic mass is 16.7. The van der Waals surface area contributed by atoms with Crippen LogP contribution in [0.25, 0.3) is 33.3 Å². The van der Waals surface area contributed by atoms with Crippen LogP contribution in [0.5, 0.6) is 17.2 Å². The molecule has 0 amide bonds. The van der Waals surface area contributed by atoms with E-state index in [-0.39, 0.29) is 30.1 Å². The average Bonchev–Trinajstić information content (AvgIpc) is 3.35. The molecule has 0 radical (unpaired) electrons. The highest BCUT2D eigenvalue weighted by Gasteiger charge is 2.20. The fraction of sp³-hybridized carbons (Fsp3) is 0.185. The van der Waals surface area contributed by atoms with Crippen LogP contribution < -0.4 is 26.3 Å². The Morgan fingerprint density at radius 1 is 0.946 bits per heavy atom. The van der Waals surface area contributed by atoms with Crippen molar-refractivity contribution in [1.82, 2.24) is 14.5 Å². The third-order valence-electron chi connectivity index (χ3n) is 6.85. The van der Waals surface area contributed by atoms with Gasteiger partial charge in [0.1, 0.15) is 11.3 Å². The minimum atomic E-state index is -0.619. The van der Waals surface area contributed by atoms with Crippen LogP contribution >= 0.6 is 0 Å². The summed E-state index contributed by atoms with van der Waals surface area (Å²) in [5, 5.41) is 11.9. The SMILES string of the molecule is Cc1c(C)c2cc(-c3ccc4c(=O)[nH]c(=O)n(Cc5ccc6c(c5)OCO6)c4n3)c(O)c(C)c2oc1=O. The molecule has 0 unspecified atom stereocenters. The lowest BCUT2D eigenvalue weighted by Crippen LogP contribution is -2.31. The van der Waals surface area contributed by atoms with E-state index < -0.39 is 16.9 Å². The number of hydrogen-bond acceptors (Lipinski definition) is 8. The van der Waals surface area contributed by atoms with Gasteiger partial charge in [0, 0.05) is 22.1 Å². The Balaban J connectivity index is 1.56. The van der Waals surface area contributed by atoms with Crippen molar-refractivity contribution in [2.24, 2.45) is 0 Å². The molecule has 6 rings (SSSR count). The number of hydrogen-bond donors (Lipinski definition) is 2. The van der Waals surface area contributed by atoms with E-state index in [0.29, 0.717) is 44.9 Å². The maximum atomic E-state index is 12.9. The standard InChI is InChI=1S/C27H21N3O7/c1-12-13(2)26(33)37-23-14(3)22(31)18(9-17(12)23)19-6-5-16-24(28-19)30(27(34)29-25(16)32)10-15-4-7-20-21(8-15)36-11-35-20/h4-9,31H,10-11H2,1-3H3,(H,29,32,34). The molecule has 0 saturated carbocycles. The van der Waals surface area contributed by atoms with E-state index in [9.17, 15) is 19.5 Å². The Hall–Kier alpha value is -4.86. The summed E-state index contributed by atoms with van der Waals surface area (Å²) in [4.78, 5) is 44.6. The number of phenols is 1. The molecule has 0 bridgehead atoms. The Morgan fingerprint density at radius 3 is 2.54 bits per heavy atom. The second kappa shape index (κ2) is 8.09. The van der Waals surface area contributed by atoms with Gasteiger partial charge in [-0.05, 0) is 62.2 Å². The Kier molecular flexibility index (Phi) is 4.94. The monoisotopic (exact) mass is 499 g/mol. The minimum Gasteiger partial charge on any atom is -0.507 e. The van der Waals surface area contributed by atoms with Gasteiger partial charge in [-0.1, -0.05) is 6.07 Å². The molecule has 3 aromatic heterocycles. The van der Waals surface area contributed by atoms with Gasteiger partial charge in [-0.25, -0.2) is 14.6 Å². The summed E-state index contributed by atoms with van der Waals surface area (Å²) in [7, 11) is 0. The topological polar surface area (TPSA) is 137 Å². The smallest absolute Gasteiger partial charge is 0.339 e. The summed E-state index contributed by atoms with van der Waals surface area (Å²) in [5.41, 5.74) is 1.88. The fourth-order valence-corrected chi connectivity index (χ4v) is 4.60. The van der Waals surface area contributed by atoms with E-state index in [0.717, 1.165) is 11.1 Å². The predicted molar refractivity (Wildman–Crippen MR) is 136 cm³/mol. The van der Waals surface area contributed by atoms with Crippen molar-refractivity contribution >= 4 is 22.0 Å². The van der Waals surface area contributed by atoms with E-state index in [1.54, 1.807) is 50.2 Å². The van der Waals surface area contributed by atoms with Crippen LogP contribution in [-0.2, 0) is 6.54 Å². The van der Waals surface area contributed by atoms with Gasteiger partial charge in [0.15, 0.2) is 17.1 Å². The maximum absolute atomic E-state index is 12.9. The van der Waals surface area contributed by atoms with Gasteiger partial charge < -0.3 is 19.0 Å². The molecular formula is C27H21N3O7. The number of aromatic nitrogens is 3. The van der Waals surface area contributed by atoms with Crippen molar-refractivity contribution < 1.29 is 19.0 Å². The molecule has 0 fully saturated rings. The summed E-state index contributed by atoms with van der Waals surface area (Å²) in [5.74, 6) is 1.08. The normalized spacial score (nSPS) is 12.5. The van der Waals surface area contributed by atoms with E-state index in [2.05, 4.69) is 9.97 Å². The first-order valence-electron chi connectivity index (χ1n) is 11.5. The largest absolute Gasteiger partial charge is 0.507 e. The third kappa shape index (κ3) is 3.48. The maximum Gasteiger partial charge on any atom is 0.339 e. The van der Waals surface area contributed by atoms with Crippen molar-refractivity contribution in [2.75, 3.05) is 6.79 Å². The van der Waals surface area contributed by atoms with Gasteiger partial charge in [-0.15, -0.1) is 0 Å². The van der Waals surface area contributed by atoms with Gasteiger partial charge in [-0.2, -0.15) is 0 Å². The molecule has 0 spiro atoms. The van der Waals surface area contributed by atoms with Crippen molar-refractivity contribution in [3.8, 4) is 28.5 Å². The Labute approximate surface area is 208 Å². The van der Waals surface area contributed by atoms with Crippen molar-refractivity contribution in [3.63, 3.8) is 0 Å². The average molecular weight is 499 g/mol. The van der Waals surface area contributed by atoms with Crippen LogP contribution in [0.2, 0.25) is 0 Å². The number of ether oxygens (including phenoxy) is 2. The Morgan fingerprint density at radius 2 is 1.73 bits per heavy atom. The predicted octanol–water partition coefficient (Wildman–Crippen LogP) is 3.27. The van der Waals surface area contributed by atoms with Crippen LogP contribution in [0, 0.1) is 20.8 Å². The fourth-order valence-electron chi connectivity index (χ4n) is 4.60. The Bertz CT molecular complexity index is 1950. The number of rotatable bonds is 3. The lowest BCUT2D eigenvalue weighted by Gasteiger charge is -2.14. The van der Waals surface area contributed by atoms with E-state index in [4.69, 9.17) is 13.9 Å². The summed E-state index contributed by atoms with van der Waals surface area (Å²) in [6.45, 7) is 5.39. The van der Waals surface area contributed by atoms with Crippen LogP contribution in [0.3, 0.4) is 0 Å². The molecule has 10 heteroatoms. The van der Waals surface area contributed by atoms with Crippen LogP contribution in [-0.4, -0.2) is 26.4 Å². The second-order valence-corrected chi connectivity index (χ2v) is 9.01. The number of pyridine rings is 1. The molecule has 5 aromatic rings. The van der Waals surface area contributed by atoms with E-state index in [1.807, 2.05) is 6.92 Å². The molecule has 2 N–H and O–H groups in total. The number of benzene rings is 2. The zero-order valence-electron chi connectivity index (χ0n) is 20.2. The third-order valence-corrected chi connectivity index (χ3v) is 6.85. The number of nitrogens with zero attached hydrogens (tertiary/aromatic N) is 2. The number of aromatic amines is 1. The van der Waals surface area contributed by atoms with E-state index in [1.165, 1.54) is 4.57 Å². The summed E-state index contributed by atoms with van der Waals surface area (Å²) in [6, 6.07) is 10.2. The molecule has 4 heterocycles. The van der Waals surface area contributed by atoms with Crippen molar-refractivity contribution in [3.05, 3.63) is 89.9 Å². The lowest BCUT2D eigenvalue weighted by molar-refractivity contribution is 0.174. The first kappa shape index (κ1) is 22.6. The first-order valence-corrected chi connectivity index (χ1v) is 11.5. The number of aryl methyl sites for hydroxylation is 2. The highest BCUT2D eigenvalue weighted by Crippen LogP contribution is 2.38. The van der Waals surface area contributed by atoms with Crippen LogP contribution in [0.1, 0.15) is 22.3 Å². The number of nitrogens with one attached hydrogen (secondary N) is 1. The molecule has 1 aliphatic rings. The second-order valence-electron chi connectivity index (χ2n) is 9.01. The summed E-state index contributed by atoms with van der Waals surface area (Å²) in [6.07, 6.45) is 0. The van der Waals surface area contributed by atoms with Gasteiger partial charge in [0.25, 0.3) is 5.56 Å². The first-order chi connectivity index (χ1) is 17.7. The summed E-state index contributed by atoms with van der Waals surface area (Å²) < 4.78 is 17.6. The minimum absolute atomic E-state index is 0.111. The molecule has 0 atom stereocenters. The molecular weight excluding hydrogens is 478 g/mol. The molecule has 186 valence electrons.